The van der Waals surface area contributed by atoms with Crippen LogP contribution in [-0.2, 0) is 0 Å². The maximum absolute atomic E-state index is 13.9. The molecule has 0 fully saturated rings. The van der Waals surface area contributed by atoms with Gasteiger partial charge < -0.3 is 10.4 Å². The first-order valence-electron chi connectivity index (χ1n) is 7.35. The second kappa shape index (κ2) is 6.64. The van der Waals surface area contributed by atoms with Crippen molar-refractivity contribution in [1.29, 1.82) is 0 Å². The third kappa shape index (κ3) is 3.12. The van der Waals surface area contributed by atoms with Crippen molar-refractivity contribution < 1.29 is 14.3 Å². The number of hydrogen-bond acceptors (Lipinski definition) is 3. The quantitative estimate of drug-likeness (QED) is 0.696. The molecule has 1 amide bonds. The van der Waals surface area contributed by atoms with Crippen LogP contribution >= 0.6 is 15.9 Å². The molecule has 1 atom stereocenters. The number of fused-ring (bicyclic) bond motifs is 1. The van der Waals surface area contributed by atoms with Crippen molar-refractivity contribution >= 4 is 32.9 Å². The molecule has 6 nitrogen and oxygen atoms in total. The van der Waals surface area contributed by atoms with Crippen molar-refractivity contribution in [3.63, 3.8) is 0 Å². The zero-order valence-electron chi connectivity index (χ0n) is 13.0. The van der Waals surface area contributed by atoms with Gasteiger partial charge in [0.2, 0.25) is 0 Å². The molecule has 2 N–H and O–H groups in total. The van der Waals surface area contributed by atoms with Crippen LogP contribution in [0.5, 0.6) is 0 Å². The highest BCUT2D eigenvalue weighted by atomic mass is 79.9. The SMILES string of the molecule is CC(NC(=O)O)c1nc2ccc(F)c(Br)c2c(=O)n1-c1ccccc1. The van der Waals surface area contributed by atoms with Gasteiger partial charge in [-0.3, -0.25) is 9.36 Å². The van der Waals surface area contributed by atoms with E-state index in [1.165, 1.54) is 16.7 Å². The summed E-state index contributed by atoms with van der Waals surface area (Å²) >= 11 is 3.10. The third-order valence-corrected chi connectivity index (χ3v) is 4.47. The van der Waals surface area contributed by atoms with Gasteiger partial charge in [0.25, 0.3) is 5.56 Å². The average Bonchev–Trinajstić information content (AvgIpc) is 2.58. The van der Waals surface area contributed by atoms with Gasteiger partial charge in [-0.05, 0) is 47.1 Å². The molecule has 25 heavy (non-hydrogen) atoms. The standard InChI is InChI=1S/C17H13BrFN3O3/c1-9(20-17(24)25)15-21-12-8-7-11(19)14(18)13(12)16(23)22(15)10-5-3-2-4-6-10/h2-9,20H,1H3,(H,24,25). The second-order valence-electron chi connectivity index (χ2n) is 5.37. The number of benzene rings is 2. The molecule has 0 saturated carbocycles. The number of nitrogens with one attached hydrogen (secondary N) is 1. The van der Waals surface area contributed by atoms with E-state index in [0.29, 0.717) is 5.69 Å². The lowest BCUT2D eigenvalue weighted by Crippen LogP contribution is -2.32. The van der Waals surface area contributed by atoms with Gasteiger partial charge in [-0.15, -0.1) is 0 Å². The molecule has 3 rings (SSSR count). The highest BCUT2D eigenvalue weighted by molar-refractivity contribution is 9.10. The zero-order chi connectivity index (χ0) is 18.1. The van der Waals surface area contributed by atoms with Gasteiger partial charge in [0.15, 0.2) is 0 Å². The van der Waals surface area contributed by atoms with Crippen LogP contribution in [0.15, 0.2) is 51.7 Å². The minimum Gasteiger partial charge on any atom is -0.465 e. The number of rotatable bonds is 3. The van der Waals surface area contributed by atoms with E-state index in [1.54, 1.807) is 37.3 Å². The highest BCUT2D eigenvalue weighted by Crippen LogP contribution is 2.25. The van der Waals surface area contributed by atoms with Gasteiger partial charge >= 0.3 is 6.09 Å². The largest absolute Gasteiger partial charge is 0.465 e. The Hall–Kier alpha value is -2.74. The maximum Gasteiger partial charge on any atom is 0.405 e. The predicted octanol–water partition coefficient (Wildman–Crippen LogP) is 3.62. The molecular weight excluding hydrogens is 393 g/mol. The topological polar surface area (TPSA) is 84.2 Å². The monoisotopic (exact) mass is 405 g/mol. The molecule has 1 unspecified atom stereocenters. The van der Waals surface area contributed by atoms with Crippen molar-refractivity contribution in [3.05, 3.63) is 68.9 Å². The van der Waals surface area contributed by atoms with E-state index >= 15 is 0 Å². The van der Waals surface area contributed by atoms with Crippen LogP contribution in [0.1, 0.15) is 18.8 Å². The minimum atomic E-state index is -1.23. The van der Waals surface area contributed by atoms with E-state index < -0.39 is 23.5 Å². The number of aromatic nitrogens is 2. The summed E-state index contributed by atoms with van der Waals surface area (Å²) in [5.74, 6) is -0.361. The fraction of sp³-hybridized carbons (Fsp3) is 0.118. The van der Waals surface area contributed by atoms with Crippen molar-refractivity contribution in [2.24, 2.45) is 0 Å². The summed E-state index contributed by atoms with van der Waals surface area (Å²) in [5, 5.41) is 11.4. The number of carboxylic acid groups (broad SMARTS) is 1. The van der Waals surface area contributed by atoms with Gasteiger partial charge in [0.05, 0.1) is 27.1 Å². The number of hydrogen-bond donors (Lipinski definition) is 2. The molecule has 0 radical (unpaired) electrons. The van der Waals surface area contributed by atoms with E-state index in [-0.39, 0.29) is 21.2 Å². The smallest absolute Gasteiger partial charge is 0.405 e. The first-order chi connectivity index (χ1) is 11.9. The molecule has 128 valence electrons. The molecular formula is C17H13BrFN3O3. The summed E-state index contributed by atoms with van der Waals surface area (Å²) in [5.41, 5.74) is 0.295. The Bertz CT molecular complexity index is 1020. The van der Waals surface area contributed by atoms with Crippen LogP contribution < -0.4 is 10.9 Å². The van der Waals surface area contributed by atoms with Gasteiger partial charge in [0.1, 0.15) is 11.6 Å². The molecule has 0 aliphatic carbocycles. The van der Waals surface area contributed by atoms with Crippen LogP contribution in [0.2, 0.25) is 0 Å². The fourth-order valence-electron chi connectivity index (χ4n) is 2.59. The lowest BCUT2D eigenvalue weighted by atomic mass is 10.2. The first-order valence-corrected chi connectivity index (χ1v) is 8.15. The van der Waals surface area contributed by atoms with Gasteiger partial charge in [-0.25, -0.2) is 14.2 Å². The maximum atomic E-state index is 13.9. The summed E-state index contributed by atoms with van der Waals surface area (Å²) in [4.78, 5) is 28.5. The number of carbonyl (C=O) groups is 1. The van der Waals surface area contributed by atoms with Crippen molar-refractivity contribution in [2.45, 2.75) is 13.0 Å². The Labute approximate surface area is 150 Å². The number of nitrogens with zero attached hydrogens (tertiary/aromatic N) is 2. The van der Waals surface area contributed by atoms with Gasteiger partial charge in [-0.1, -0.05) is 18.2 Å². The molecule has 8 heteroatoms. The highest BCUT2D eigenvalue weighted by Gasteiger charge is 2.21. The Morgan fingerprint density at radius 3 is 2.60 bits per heavy atom. The van der Waals surface area contributed by atoms with E-state index in [0.717, 1.165) is 0 Å². The van der Waals surface area contributed by atoms with Crippen molar-refractivity contribution in [1.82, 2.24) is 14.9 Å². The first kappa shape index (κ1) is 17.1. The second-order valence-corrected chi connectivity index (χ2v) is 6.17. The molecule has 0 aliphatic heterocycles. The van der Waals surface area contributed by atoms with Gasteiger partial charge in [-0.2, -0.15) is 0 Å². The molecule has 0 saturated heterocycles. The van der Waals surface area contributed by atoms with Gasteiger partial charge in [0, 0.05) is 0 Å². The number of amides is 1. The molecule has 0 bridgehead atoms. The summed E-state index contributed by atoms with van der Waals surface area (Å²) in [6, 6.07) is 10.5. The molecule has 3 aromatic rings. The Morgan fingerprint density at radius 2 is 1.96 bits per heavy atom. The zero-order valence-corrected chi connectivity index (χ0v) is 14.6. The Balaban J connectivity index is 2.39. The van der Waals surface area contributed by atoms with E-state index in [1.807, 2.05) is 0 Å². The molecule has 0 spiro atoms. The lowest BCUT2D eigenvalue weighted by Gasteiger charge is -2.19. The average molecular weight is 406 g/mol. The molecule has 1 heterocycles. The summed E-state index contributed by atoms with van der Waals surface area (Å²) in [6.07, 6.45) is -1.23. The van der Waals surface area contributed by atoms with Crippen LogP contribution in [0.4, 0.5) is 9.18 Å². The van der Waals surface area contributed by atoms with E-state index in [2.05, 4.69) is 26.2 Å². The fourth-order valence-corrected chi connectivity index (χ4v) is 3.10. The summed E-state index contributed by atoms with van der Waals surface area (Å²) < 4.78 is 15.2. The van der Waals surface area contributed by atoms with Crippen molar-refractivity contribution in [2.75, 3.05) is 0 Å². The number of halogens is 2. The van der Waals surface area contributed by atoms with Crippen LogP contribution in [0, 0.1) is 5.82 Å². The minimum absolute atomic E-state index is 0.0255. The van der Waals surface area contributed by atoms with E-state index in [4.69, 9.17) is 5.11 Å². The lowest BCUT2D eigenvalue weighted by molar-refractivity contribution is 0.190. The third-order valence-electron chi connectivity index (χ3n) is 3.70. The normalized spacial score (nSPS) is 12.1. The summed E-state index contributed by atoms with van der Waals surface area (Å²) in [7, 11) is 0. The Kier molecular flexibility index (Phi) is 4.54. The Morgan fingerprint density at radius 1 is 1.28 bits per heavy atom. The van der Waals surface area contributed by atoms with Crippen molar-refractivity contribution in [3.8, 4) is 5.69 Å². The predicted molar refractivity (Wildman–Crippen MR) is 94.6 cm³/mol. The van der Waals surface area contributed by atoms with E-state index in [9.17, 15) is 14.0 Å². The van der Waals surface area contributed by atoms with Crippen LogP contribution in [-0.4, -0.2) is 20.8 Å². The summed E-state index contributed by atoms with van der Waals surface area (Å²) in [6.45, 7) is 1.58. The van der Waals surface area contributed by atoms with Crippen LogP contribution in [0.3, 0.4) is 0 Å². The van der Waals surface area contributed by atoms with Crippen LogP contribution in [0.25, 0.3) is 16.6 Å². The molecule has 1 aromatic heterocycles. The molecule has 0 aliphatic rings. The molecule has 2 aromatic carbocycles. The number of para-hydroxylation sites is 1.